The third kappa shape index (κ3) is 1.81. The summed E-state index contributed by atoms with van der Waals surface area (Å²) in [5.74, 6) is 0. The molecule has 0 fully saturated rings. The lowest BCUT2D eigenvalue weighted by atomic mass is 9.97. The summed E-state index contributed by atoms with van der Waals surface area (Å²) in [7, 11) is 0. The predicted octanol–water partition coefficient (Wildman–Crippen LogP) is 5.45. The Balaban J connectivity index is 2.07. The number of nitrogens with two attached hydrogens (primary N) is 1. The van der Waals surface area contributed by atoms with Gasteiger partial charge in [-0.2, -0.15) is 0 Å². The van der Waals surface area contributed by atoms with Crippen molar-refractivity contribution in [3.63, 3.8) is 0 Å². The van der Waals surface area contributed by atoms with Gasteiger partial charge in [-0.05, 0) is 48.7 Å². The van der Waals surface area contributed by atoms with Gasteiger partial charge in [0, 0.05) is 22.0 Å². The lowest BCUT2D eigenvalue weighted by Gasteiger charge is -2.09. The molecule has 0 aliphatic carbocycles. The number of para-hydroxylation sites is 2. The number of fused-ring (bicyclic) bond motifs is 3. The van der Waals surface area contributed by atoms with Gasteiger partial charge in [0.2, 0.25) is 0 Å². The maximum Gasteiger partial charge on any atom is 0.143 e. The molecule has 108 valence electrons. The number of rotatable bonds is 1. The summed E-state index contributed by atoms with van der Waals surface area (Å²) in [6, 6.07) is 18.7. The minimum absolute atomic E-state index is 0.862. The molecule has 1 aromatic heterocycles. The average molecular weight is 287 g/mol. The van der Waals surface area contributed by atoms with E-state index in [0.717, 1.165) is 49.9 Å². The third-order valence-electron chi connectivity index (χ3n) is 4.31. The van der Waals surface area contributed by atoms with E-state index in [0.29, 0.717) is 0 Å². The summed E-state index contributed by atoms with van der Waals surface area (Å²) >= 11 is 0. The Morgan fingerprint density at radius 3 is 2.27 bits per heavy atom. The van der Waals surface area contributed by atoms with Gasteiger partial charge in [0.05, 0.1) is 0 Å². The first-order valence-electron chi connectivity index (χ1n) is 7.42. The SMILES string of the molecule is Cc1cc(-c2cccc3c2oc2ccccc23)cc(C)c1N. The molecule has 0 spiro atoms. The van der Waals surface area contributed by atoms with Crippen LogP contribution in [0.15, 0.2) is 59.0 Å². The Bertz CT molecular complexity index is 988. The number of furan rings is 1. The Morgan fingerprint density at radius 2 is 1.50 bits per heavy atom. The molecule has 3 aromatic carbocycles. The van der Waals surface area contributed by atoms with Gasteiger partial charge in [0.1, 0.15) is 11.2 Å². The molecule has 0 aliphatic rings. The quantitative estimate of drug-likeness (QED) is 0.473. The highest BCUT2D eigenvalue weighted by Crippen LogP contribution is 2.36. The molecule has 0 radical (unpaired) electrons. The Morgan fingerprint density at radius 1 is 0.818 bits per heavy atom. The van der Waals surface area contributed by atoms with Gasteiger partial charge in [-0.3, -0.25) is 0 Å². The van der Waals surface area contributed by atoms with Crippen LogP contribution in [0.25, 0.3) is 33.1 Å². The number of hydrogen-bond donors (Lipinski definition) is 1. The van der Waals surface area contributed by atoms with Crippen molar-refractivity contribution >= 4 is 27.6 Å². The van der Waals surface area contributed by atoms with Crippen LogP contribution in [0.1, 0.15) is 11.1 Å². The van der Waals surface area contributed by atoms with Gasteiger partial charge in [-0.25, -0.2) is 0 Å². The van der Waals surface area contributed by atoms with Gasteiger partial charge in [-0.1, -0.05) is 36.4 Å². The van der Waals surface area contributed by atoms with Gasteiger partial charge in [0.15, 0.2) is 0 Å². The van der Waals surface area contributed by atoms with Crippen LogP contribution >= 0.6 is 0 Å². The summed E-state index contributed by atoms with van der Waals surface area (Å²) in [6.07, 6.45) is 0. The molecule has 4 rings (SSSR count). The molecular weight excluding hydrogens is 270 g/mol. The molecule has 0 atom stereocenters. The van der Waals surface area contributed by atoms with Crippen LogP contribution in [0.2, 0.25) is 0 Å². The van der Waals surface area contributed by atoms with Crippen LogP contribution in [0.3, 0.4) is 0 Å². The predicted molar refractivity (Wildman–Crippen MR) is 93.0 cm³/mol. The van der Waals surface area contributed by atoms with Crippen LogP contribution < -0.4 is 5.73 Å². The van der Waals surface area contributed by atoms with E-state index < -0.39 is 0 Å². The maximum atomic E-state index is 6.12. The fraction of sp³-hybridized carbons (Fsp3) is 0.100. The second kappa shape index (κ2) is 4.63. The molecule has 22 heavy (non-hydrogen) atoms. The highest BCUT2D eigenvalue weighted by molar-refractivity contribution is 6.09. The van der Waals surface area contributed by atoms with E-state index in [9.17, 15) is 0 Å². The van der Waals surface area contributed by atoms with Crippen molar-refractivity contribution < 1.29 is 4.42 Å². The summed E-state index contributed by atoms with van der Waals surface area (Å²) in [6.45, 7) is 4.09. The van der Waals surface area contributed by atoms with Gasteiger partial charge < -0.3 is 10.2 Å². The molecule has 0 amide bonds. The van der Waals surface area contributed by atoms with Crippen LogP contribution in [0, 0.1) is 13.8 Å². The first-order valence-corrected chi connectivity index (χ1v) is 7.42. The van der Waals surface area contributed by atoms with E-state index >= 15 is 0 Å². The summed E-state index contributed by atoms with van der Waals surface area (Å²) in [5.41, 5.74) is 13.3. The van der Waals surface area contributed by atoms with Crippen molar-refractivity contribution in [1.82, 2.24) is 0 Å². The number of aryl methyl sites for hydroxylation is 2. The summed E-state index contributed by atoms with van der Waals surface area (Å²) in [4.78, 5) is 0. The van der Waals surface area contributed by atoms with Gasteiger partial charge in [0.25, 0.3) is 0 Å². The van der Waals surface area contributed by atoms with Crippen LogP contribution in [0.5, 0.6) is 0 Å². The van der Waals surface area contributed by atoms with E-state index in [1.807, 2.05) is 32.0 Å². The zero-order chi connectivity index (χ0) is 15.3. The monoisotopic (exact) mass is 287 g/mol. The Kier molecular flexibility index (Phi) is 2.73. The minimum Gasteiger partial charge on any atom is -0.455 e. The molecule has 0 bridgehead atoms. The lowest BCUT2D eigenvalue weighted by Crippen LogP contribution is -1.94. The molecule has 0 unspecified atom stereocenters. The number of benzene rings is 3. The summed E-state index contributed by atoms with van der Waals surface area (Å²) < 4.78 is 6.12. The molecular formula is C20H17NO. The first kappa shape index (κ1) is 13.0. The smallest absolute Gasteiger partial charge is 0.143 e. The molecule has 0 saturated heterocycles. The zero-order valence-corrected chi connectivity index (χ0v) is 12.7. The minimum atomic E-state index is 0.862. The van der Waals surface area contributed by atoms with Crippen LogP contribution in [-0.4, -0.2) is 0 Å². The van der Waals surface area contributed by atoms with E-state index in [1.165, 1.54) is 0 Å². The molecule has 2 nitrogen and oxygen atoms in total. The molecule has 0 aliphatic heterocycles. The largest absolute Gasteiger partial charge is 0.455 e. The van der Waals surface area contributed by atoms with Gasteiger partial charge >= 0.3 is 0 Å². The Labute approximate surface area is 129 Å². The van der Waals surface area contributed by atoms with Crippen molar-refractivity contribution in [2.24, 2.45) is 0 Å². The van der Waals surface area contributed by atoms with E-state index in [2.05, 4.69) is 36.4 Å². The van der Waals surface area contributed by atoms with Crippen molar-refractivity contribution in [3.8, 4) is 11.1 Å². The standard InChI is InChI=1S/C20H17NO/c1-12-10-14(11-13(2)19(12)21)15-7-5-8-17-16-6-3-4-9-18(16)22-20(15)17/h3-11H,21H2,1-2H3. The first-order chi connectivity index (χ1) is 10.6. The molecule has 4 aromatic rings. The normalized spacial score (nSPS) is 11.4. The third-order valence-corrected chi connectivity index (χ3v) is 4.31. The van der Waals surface area contributed by atoms with Crippen molar-refractivity contribution in [3.05, 3.63) is 65.7 Å². The molecule has 0 saturated carbocycles. The highest BCUT2D eigenvalue weighted by Gasteiger charge is 2.12. The van der Waals surface area contributed by atoms with Gasteiger partial charge in [-0.15, -0.1) is 0 Å². The summed E-state index contributed by atoms with van der Waals surface area (Å²) in [5, 5.41) is 2.31. The fourth-order valence-corrected chi connectivity index (χ4v) is 3.10. The van der Waals surface area contributed by atoms with E-state index in [4.69, 9.17) is 10.2 Å². The van der Waals surface area contributed by atoms with Crippen molar-refractivity contribution in [2.75, 3.05) is 5.73 Å². The fourth-order valence-electron chi connectivity index (χ4n) is 3.10. The molecule has 1 heterocycles. The second-order valence-corrected chi connectivity index (χ2v) is 5.80. The highest BCUT2D eigenvalue weighted by atomic mass is 16.3. The van der Waals surface area contributed by atoms with Crippen molar-refractivity contribution in [1.29, 1.82) is 0 Å². The zero-order valence-electron chi connectivity index (χ0n) is 12.7. The number of hydrogen-bond acceptors (Lipinski definition) is 2. The number of anilines is 1. The van der Waals surface area contributed by atoms with Crippen LogP contribution in [0.4, 0.5) is 5.69 Å². The van der Waals surface area contributed by atoms with E-state index in [1.54, 1.807) is 0 Å². The van der Waals surface area contributed by atoms with Crippen LogP contribution in [-0.2, 0) is 0 Å². The average Bonchev–Trinajstić information content (AvgIpc) is 2.90. The maximum absolute atomic E-state index is 6.12. The van der Waals surface area contributed by atoms with Crippen molar-refractivity contribution in [2.45, 2.75) is 13.8 Å². The second-order valence-electron chi connectivity index (χ2n) is 5.80. The Hall–Kier alpha value is -2.74. The number of nitrogen functional groups attached to an aromatic ring is 1. The lowest BCUT2D eigenvalue weighted by molar-refractivity contribution is 0.670. The van der Waals surface area contributed by atoms with E-state index in [-0.39, 0.29) is 0 Å². The molecule has 2 N–H and O–H groups in total. The molecule has 2 heteroatoms. The topological polar surface area (TPSA) is 39.2 Å².